The second-order valence-electron chi connectivity index (χ2n) is 3.25. The number of nitrogens with one attached hydrogen (secondary N) is 1. The molecule has 1 atom stereocenters. The Balaban J connectivity index is 2.03. The summed E-state index contributed by atoms with van der Waals surface area (Å²) in [6.07, 6.45) is 10.4. The van der Waals surface area contributed by atoms with E-state index in [0.29, 0.717) is 6.42 Å². The van der Waals surface area contributed by atoms with Crippen LogP contribution in [-0.2, 0) is 4.79 Å². The summed E-state index contributed by atoms with van der Waals surface area (Å²) in [6, 6.07) is 0. The van der Waals surface area contributed by atoms with Gasteiger partial charge >= 0.3 is 5.97 Å². The lowest BCUT2D eigenvalue weighted by Gasteiger charge is -2.13. The molecule has 0 aliphatic carbocycles. The molecule has 3 heteroatoms. The van der Waals surface area contributed by atoms with E-state index < -0.39 is 5.97 Å². The van der Waals surface area contributed by atoms with Crippen LogP contribution in [0.4, 0.5) is 0 Å². The van der Waals surface area contributed by atoms with Crippen LogP contribution in [0.15, 0.2) is 24.4 Å². The molecule has 1 rings (SSSR count). The Morgan fingerprint density at radius 2 is 2.23 bits per heavy atom. The zero-order valence-corrected chi connectivity index (χ0v) is 7.70. The number of hydrogen-bond acceptors (Lipinski definition) is 1. The molecule has 0 aromatic carbocycles. The molecule has 13 heavy (non-hydrogen) atoms. The minimum atomic E-state index is -0.691. The molecule has 3 nitrogen and oxygen atoms in total. The number of unbranched alkanes of at least 4 members (excludes halogenated alkanes) is 1. The van der Waals surface area contributed by atoms with Crippen LogP contribution in [0, 0.1) is 0 Å². The number of hydrogen-bond donors (Lipinski definition) is 2. The SMILES string of the molecule is O=C(O)CCCC[NH+]1C=CC=CC1. The Hall–Kier alpha value is -1.09. The third-order valence-electron chi connectivity index (χ3n) is 2.10. The number of allylic oxidation sites excluding steroid dienone is 2. The molecular weight excluding hydrogens is 166 g/mol. The number of carbonyl (C=O) groups is 1. The van der Waals surface area contributed by atoms with E-state index in [9.17, 15) is 4.79 Å². The minimum absolute atomic E-state index is 0.298. The molecule has 0 aromatic rings. The van der Waals surface area contributed by atoms with Gasteiger partial charge in [-0.05, 0) is 25.0 Å². The van der Waals surface area contributed by atoms with Crippen LogP contribution < -0.4 is 4.90 Å². The minimum Gasteiger partial charge on any atom is -0.481 e. The maximum Gasteiger partial charge on any atom is 0.303 e. The summed E-state index contributed by atoms with van der Waals surface area (Å²) in [6.45, 7) is 2.07. The van der Waals surface area contributed by atoms with E-state index in [1.807, 2.05) is 12.2 Å². The van der Waals surface area contributed by atoms with E-state index in [4.69, 9.17) is 5.11 Å². The van der Waals surface area contributed by atoms with Gasteiger partial charge in [-0.25, -0.2) is 0 Å². The molecule has 1 aliphatic heterocycles. The molecule has 0 bridgehead atoms. The molecule has 1 unspecified atom stereocenters. The number of rotatable bonds is 5. The number of carboxylic acid groups (broad SMARTS) is 1. The van der Waals surface area contributed by atoms with Crippen molar-refractivity contribution in [3.05, 3.63) is 24.4 Å². The van der Waals surface area contributed by atoms with E-state index in [1.54, 1.807) is 0 Å². The van der Waals surface area contributed by atoms with E-state index in [-0.39, 0.29) is 0 Å². The fourth-order valence-corrected chi connectivity index (χ4v) is 1.37. The standard InChI is InChI=1S/C10H15NO2/c12-10(13)6-2-5-9-11-7-3-1-4-8-11/h1,3-4,7H,2,5-6,8-9H2,(H,12,13)/p+1. The molecule has 0 spiro atoms. The predicted molar refractivity (Wildman–Crippen MR) is 50.5 cm³/mol. The monoisotopic (exact) mass is 182 g/mol. The summed E-state index contributed by atoms with van der Waals surface area (Å²) in [5, 5.41) is 8.42. The Bertz CT molecular complexity index is 221. The van der Waals surface area contributed by atoms with Crippen molar-refractivity contribution < 1.29 is 14.8 Å². The first-order chi connectivity index (χ1) is 6.29. The van der Waals surface area contributed by atoms with Crippen molar-refractivity contribution in [1.29, 1.82) is 0 Å². The second-order valence-corrected chi connectivity index (χ2v) is 3.25. The van der Waals surface area contributed by atoms with Gasteiger partial charge in [0, 0.05) is 6.42 Å². The number of carboxylic acids is 1. The first-order valence-corrected chi connectivity index (χ1v) is 4.69. The summed E-state index contributed by atoms with van der Waals surface area (Å²) < 4.78 is 0. The maximum absolute atomic E-state index is 10.2. The zero-order chi connectivity index (χ0) is 9.52. The third-order valence-corrected chi connectivity index (χ3v) is 2.10. The Kier molecular flexibility index (Phi) is 4.26. The molecule has 0 radical (unpaired) electrons. The first-order valence-electron chi connectivity index (χ1n) is 4.69. The molecule has 1 heterocycles. The molecular formula is C10H16NO2+. The van der Waals surface area contributed by atoms with Gasteiger partial charge in [-0.3, -0.25) is 4.79 Å². The molecule has 0 saturated heterocycles. The third kappa shape index (κ3) is 4.48. The normalized spacial score (nSPS) is 20.5. The van der Waals surface area contributed by atoms with Gasteiger partial charge in [0.2, 0.25) is 0 Å². The smallest absolute Gasteiger partial charge is 0.303 e. The van der Waals surface area contributed by atoms with Crippen molar-refractivity contribution in [3.8, 4) is 0 Å². The molecule has 0 amide bonds. The van der Waals surface area contributed by atoms with Crippen LogP contribution in [0.2, 0.25) is 0 Å². The topological polar surface area (TPSA) is 41.7 Å². The summed E-state index contributed by atoms with van der Waals surface area (Å²) >= 11 is 0. The zero-order valence-electron chi connectivity index (χ0n) is 7.70. The van der Waals surface area contributed by atoms with Crippen LogP contribution in [0.3, 0.4) is 0 Å². The molecule has 2 N–H and O–H groups in total. The lowest BCUT2D eigenvalue weighted by Crippen LogP contribution is -3.07. The highest BCUT2D eigenvalue weighted by Gasteiger charge is 2.04. The Morgan fingerprint density at radius 3 is 2.85 bits per heavy atom. The Morgan fingerprint density at radius 1 is 1.38 bits per heavy atom. The summed E-state index contributed by atoms with van der Waals surface area (Å²) in [5.41, 5.74) is 0. The van der Waals surface area contributed by atoms with E-state index >= 15 is 0 Å². The average molecular weight is 182 g/mol. The van der Waals surface area contributed by atoms with Crippen LogP contribution >= 0.6 is 0 Å². The van der Waals surface area contributed by atoms with E-state index in [2.05, 4.69) is 12.3 Å². The average Bonchev–Trinajstić information content (AvgIpc) is 2.14. The molecule has 0 fully saturated rings. The van der Waals surface area contributed by atoms with Gasteiger partial charge in [0.1, 0.15) is 6.54 Å². The molecule has 72 valence electrons. The fourth-order valence-electron chi connectivity index (χ4n) is 1.37. The van der Waals surface area contributed by atoms with Crippen molar-refractivity contribution in [2.24, 2.45) is 0 Å². The molecule has 1 aliphatic rings. The molecule has 0 saturated carbocycles. The summed E-state index contributed by atoms with van der Waals surface area (Å²) in [5.74, 6) is -0.691. The highest BCUT2D eigenvalue weighted by Crippen LogP contribution is 1.92. The van der Waals surface area contributed by atoms with Crippen molar-refractivity contribution >= 4 is 5.97 Å². The van der Waals surface area contributed by atoms with Gasteiger partial charge in [0.05, 0.1) is 12.7 Å². The lowest BCUT2D eigenvalue weighted by atomic mass is 10.2. The lowest BCUT2D eigenvalue weighted by molar-refractivity contribution is -0.841. The molecule has 0 aromatic heterocycles. The van der Waals surface area contributed by atoms with Crippen LogP contribution in [0.25, 0.3) is 0 Å². The van der Waals surface area contributed by atoms with Crippen molar-refractivity contribution in [3.63, 3.8) is 0 Å². The summed E-state index contributed by atoms with van der Waals surface area (Å²) in [7, 11) is 0. The number of aliphatic carboxylic acids is 1. The van der Waals surface area contributed by atoms with Gasteiger partial charge in [-0.2, -0.15) is 0 Å². The summed E-state index contributed by atoms with van der Waals surface area (Å²) in [4.78, 5) is 11.6. The number of quaternary nitrogens is 1. The van der Waals surface area contributed by atoms with Gasteiger partial charge < -0.3 is 10.0 Å². The van der Waals surface area contributed by atoms with Gasteiger partial charge in [0.15, 0.2) is 0 Å². The van der Waals surface area contributed by atoms with Gasteiger partial charge in [-0.1, -0.05) is 6.08 Å². The van der Waals surface area contributed by atoms with Crippen LogP contribution in [-0.4, -0.2) is 24.2 Å². The van der Waals surface area contributed by atoms with E-state index in [1.165, 1.54) is 4.90 Å². The Labute approximate surface area is 78.4 Å². The van der Waals surface area contributed by atoms with Crippen molar-refractivity contribution in [2.75, 3.05) is 13.1 Å². The highest BCUT2D eigenvalue weighted by atomic mass is 16.4. The van der Waals surface area contributed by atoms with Gasteiger partial charge in [-0.15, -0.1) is 0 Å². The fraction of sp³-hybridized carbons (Fsp3) is 0.500. The quantitative estimate of drug-likeness (QED) is 0.597. The van der Waals surface area contributed by atoms with Crippen molar-refractivity contribution in [1.82, 2.24) is 0 Å². The largest absolute Gasteiger partial charge is 0.481 e. The first kappa shape index (κ1) is 9.99. The van der Waals surface area contributed by atoms with Crippen LogP contribution in [0.1, 0.15) is 19.3 Å². The van der Waals surface area contributed by atoms with Crippen LogP contribution in [0.5, 0.6) is 0 Å². The highest BCUT2D eigenvalue weighted by molar-refractivity contribution is 5.66. The predicted octanol–water partition coefficient (Wildman–Crippen LogP) is 0.210. The maximum atomic E-state index is 10.2. The van der Waals surface area contributed by atoms with Crippen molar-refractivity contribution in [2.45, 2.75) is 19.3 Å². The second kappa shape index (κ2) is 5.54. The van der Waals surface area contributed by atoms with Gasteiger partial charge in [0.25, 0.3) is 0 Å². The van der Waals surface area contributed by atoms with E-state index in [0.717, 1.165) is 25.9 Å².